The highest BCUT2D eigenvalue weighted by Gasteiger charge is 2.12. The van der Waals surface area contributed by atoms with Gasteiger partial charge in [0.1, 0.15) is 5.82 Å². The number of primary amides is 1. The summed E-state index contributed by atoms with van der Waals surface area (Å²) in [6.07, 6.45) is 3.33. The van der Waals surface area contributed by atoms with Gasteiger partial charge in [-0.1, -0.05) is 0 Å². The molecule has 0 aliphatic carbocycles. The van der Waals surface area contributed by atoms with E-state index in [4.69, 9.17) is 5.73 Å². The quantitative estimate of drug-likeness (QED) is 0.805. The summed E-state index contributed by atoms with van der Waals surface area (Å²) in [6, 6.07) is 3.51. The second kappa shape index (κ2) is 3.77. The van der Waals surface area contributed by atoms with E-state index < -0.39 is 5.91 Å². The second-order valence-corrected chi connectivity index (χ2v) is 3.69. The molecule has 0 saturated heterocycles. The lowest BCUT2D eigenvalue weighted by Crippen LogP contribution is -2.20. The van der Waals surface area contributed by atoms with Gasteiger partial charge in [-0.3, -0.25) is 9.78 Å². The molecule has 2 N–H and O–H groups in total. The third-order valence-corrected chi connectivity index (χ3v) is 2.28. The third kappa shape index (κ3) is 1.67. The number of hydrogen-bond acceptors (Lipinski definition) is 4. The summed E-state index contributed by atoms with van der Waals surface area (Å²) in [6.45, 7) is 0. The molecule has 0 aliphatic heterocycles. The van der Waals surface area contributed by atoms with Crippen LogP contribution in [-0.4, -0.2) is 30.0 Å². The highest BCUT2D eigenvalue weighted by molar-refractivity contribution is 6.01. The molecule has 1 amide bonds. The van der Waals surface area contributed by atoms with Crippen molar-refractivity contribution in [1.29, 1.82) is 0 Å². The molecule has 2 rings (SSSR count). The zero-order valence-corrected chi connectivity index (χ0v) is 9.14. The number of carbonyl (C=O) groups excluding carboxylic acids is 1. The highest BCUT2D eigenvalue weighted by Crippen LogP contribution is 2.20. The average molecular weight is 216 g/mol. The van der Waals surface area contributed by atoms with E-state index >= 15 is 0 Å². The van der Waals surface area contributed by atoms with Crippen LogP contribution >= 0.6 is 0 Å². The standard InChI is InChI=1S/C11H12N4O/c1-15(2)11-8(10(12)16)5-7-6-13-4-3-9(7)14-11/h3-6H,1-2H3,(H2,12,16). The minimum absolute atomic E-state index is 0.408. The summed E-state index contributed by atoms with van der Waals surface area (Å²) in [4.78, 5) is 21.4. The Labute approximate surface area is 92.9 Å². The van der Waals surface area contributed by atoms with E-state index in [2.05, 4.69) is 9.97 Å². The van der Waals surface area contributed by atoms with Gasteiger partial charge in [-0.05, 0) is 12.1 Å². The number of rotatable bonds is 2. The van der Waals surface area contributed by atoms with Gasteiger partial charge in [-0.2, -0.15) is 0 Å². The number of nitrogens with two attached hydrogens (primary N) is 1. The maximum absolute atomic E-state index is 11.3. The summed E-state index contributed by atoms with van der Waals surface area (Å²) < 4.78 is 0. The SMILES string of the molecule is CN(C)c1nc2ccncc2cc1C(N)=O. The fourth-order valence-electron chi connectivity index (χ4n) is 1.53. The van der Waals surface area contributed by atoms with Gasteiger partial charge in [0.15, 0.2) is 0 Å². The molecule has 0 unspecified atom stereocenters. The number of aromatic nitrogens is 2. The van der Waals surface area contributed by atoms with E-state index in [9.17, 15) is 4.79 Å². The molecule has 0 aromatic carbocycles. The smallest absolute Gasteiger partial charge is 0.252 e. The summed E-state index contributed by atoms with van der Waals surface area (Å²) in [5.74, 6) is 0.0909. The van der Waals surface area contributed by atoms with Gasteiger partial charge < -0.3 is 10.6 Å². The number of fused-ring (bicyclic) bond motifs is 1. The van der Waals surface area contributed by atoms with Gasteiger partial charge in [0.2, 0.25) is 0 Å². The molecule has 5 heteroatoms. The molecular weight excluding hydrogens is 204 g/mol. The molecule has 0 radical (unpaired) electrons. The van der Waals surface area contributed by atoms with Crippen molar-refractivity contribution in [3.05, 3.63) is 30.1 Å². The predicted molar refractivity (Wildman–Crippen MR) is 62.4 cm³/mol. The Balaban J connectivity index is 2.76. The van der Waals surface area contributed by atoms with Crippen molar-refractivity contribution in [2.75, 3.05) is 19.0 Å². The molecule has 0 bridgehead atoms. The molecule has 2 aromatic rings. The van der Waals surface area contributed by atoms with Crippen LogP contribution in [0, 0.1) is 0 Å². The van der Waals surface area contributed by atoms with Crippen LogP contribution in [0.15, 0.2) is 24.5 Å². The Morgan fingerprint density at radius 1 is 1.44 bits per heavy atom. The number of nitrogens with zero attached hydrogens (tertiary/aromatic N) is 3. The summed E-state index contributed by atoms with van der Waals surface area (Å²) in [5, 5.41) is 0.807. The molecule has 0 fully saturated rings. The molecular formula is C11H12N4O. The van der Waals surface area contributed by atoms with Crippen LogP contribution in [-0.2, 0) is 0 Å². The van der Waals surface area contributed by atoms with E-state index in [1.165, 1.54) is 0 Å². The van der Waals surface area contributed by atoms with Crippen molar-refractivity contribution in [2.45, 2.75) is 0 Å². The van der Waals surface area contributed by atoms with Crippen LogP contribution in [0.25, 0.3) is 10.9 Å². The van der Waals surface area contributed by atoms with Crippen molar-refractivity contribution in [3.8, 4) is 0 Å². The van der Waals surface area contributed by atoms with Crippen molar-refractivity contribution in [1.82, 2.24) is 9.97 Å². The molecule has 2 heterocycles. The minimum atomic E-state index is -0.484. The first-order chi connectivity index (χ1) is 7.59. The van der Waals surface area contributed by atoms with Gasteiger partial charge in [-0.25, -0.2) is 4.98 Å². The Morgan fingerprint density at radius 2 is 2.19 bits per heavy atom. The van der Waals surface area contributed by atoms with Crippen LogP contribution < -0.4 is 10.6 Å². The van der Waals surface area contributed by atoms with Crippen LogP contribution in [0.2, 0.25) is 0 Å². The summed E-state index contributed by atoms with van der Waals surface area (Å²) >= 11 is 0. The minimum Gasteiger partial charge on any atom is -0.365 e. The first-order valence-electron chi connectivity index (χ1n) is 4.81. The maximum Gasteiger partial charge on any atom is 0.252 e. The largest absolute Gasteiger partial charge is 0.365 e. The third-order valence-electron chi connectivity index (χ3n) is 2.28. The number of carbonyl (C=O) groups is 1. The zero-order valence-electron chi connectivity index (χ0n) is 9.14. The van der Waals surface area contributed by atoms with Gasteiger partial charge in [-0.15, -0.1) is 0 Å². The number of pyridine rings is 2. The van der Waals surface area contributed by atoms with E-state index in [0.29, 0.717) is 11.4 Å². The molecule has 0 atom stereocenters. The summed E-state index contributed by atoms with van der Waals surface area (Å²) in [7, 11) is 3.64. The Kier molecular flexibility index (Phi) is 2.44. The topological polar surface area (TPSA) is 72.1 Å². The van der Waals surface area contributed by atoms with Crippen LogP contribution in [0.4, 0.5) is 5.82 Å². The van der Waals surface area contributed by atoms with Crippen molar-refractivity contribution in [3.63, 3.8) is 0 Å². The molecule has 2 aromatic heterocycles. The highest BCUT2D eigenvalue weighted by atomic mass is 16.1. The lowest BCUT2D eigenvalue weighted by molar-refractivity contribution is 0.100. The number of anilines is 1. The van der Waals surface area contributed by atoms with Crippen molar-refractivity contribution in [2.24, 2.45) is 5.73 Å². The molecule has 0 saturated carbocycles. The lowest BCUT2D eigenvalue weighted by Gasteiger charge is -2.15. The van der Waals surface area contributed by atoms with Gasteiger partial charge in [0.25, 0.3) is 5.91 Å². The predicted octanol–water partition coefficient (Wildman–Crippen LogP) is 0.795. The Bertz CT molecular complexity index is 551. The van der Waals surface area contributed by atoms with E-state index in [0.717, 1.165) is 10.9 Å². The Morgan fingerprint density at radius 3 is 2.81 bits per heavy atom. The van der Waals surface area contributed by atoms with E-state index in [1.807, 2.05) is 14.1 Å². The Hall–Kier alpha value is -2.17. The van der Waals surface area contributed by atoms with Gasteiger partial charge in [0, 0.05) is 31.9 Å². The fraction of sp³-hybridized carbons (Fsp3) is 0.182. The molecule has 0 aliphatic rings. The maximum atomic E-state index is 11.3. The van der Waals surface area contributed by atoms with Crippen LogP contribution in [0.1, 0.15) is 10.4 Å². The van der Waals surface area contributed by atoms with E-state index in [-0.39, 0.29) is 0 Å². The second-order valence-electron chi connectivity index (χ2n) is 3.69. The van der Waals surface area contributed by atoms with Gasteiger partial charge >= 0.3 is 0 Å². The van der Waals surface area contributed by atoms with Crippen LogP contribution in [0.5, 0.6) is 0 Å². The number of amides is 1. The lowest BCUT2D eigenvalue weighted by atomic mass is 10.1. The molecule has 0 spiro atoms. The molecule has 16 heavy (non-hydrogen) atoms. The average Bonchev–Trinajstić information content (AvgIpc) is 2.27. The molecule has 5 nitrogen and oxygen atoms in total. The summed E-state index contributed by atoms with van der Waals surface area (Å²) in [5.41, 5.74) is 6.52. The first kappa shape index (κ1) is 10.4. The fourth-order valence-corrected chi connectivity index (χ4v) is 1.53. The van der Waals surface area contributed by atoms with Crippen LogP contribution in [0.3, 0.4) is 0 Å². The van der Waals surface area contributed by atoms with E-state index in [1.54, 1.807) is 29.4 Å². The van der Waals surface area contributed by atoms with Crippen molar-refractivity contribution < 1.29 is 4.79 Å². The first-order valence-corrected chi connectivity index (χ1v) is 4.81. The normalized spacial score (nSPS) is 10.4. The van der Waals surface area contributed by atoms with Crippen molar-refractivity contribution >= 4 is 22.6 Å². The number of hydrogen-bond donors (Lipinski definition) is 1. The zero-order chi connectivity index (χ0) is 11.7. The van der Waals surface area contributed by atoms with Gasteiger partial charge in [0.05, 0.1) is 11.1 Å². The monoisotopic (exact) mass is 216 g/mol. The molecule has 82 valence electrons.